The molecule has 1 aromatic rings. The summed E-state index contributed by atoms with van der Waals surface area (Å²) in [5, 5.41) is 0.289. The Morgan fingerprint density at radius 3 is 1.87 bits per heavy atom. The molecule has 0 unspecified atom stereocenters. The van der Waals surface area contributed by atoms with Crippen LogP contribution in [0, 0.1) is 0 Å². The van der Waals surface area contributed by atoms with Gasteiger partial charge in [-0.15, -0.1) is 0 Å². The van der Waals surface area contributed by atoms with Crippen molar-refractivity contribution in [2.24, 2.45) is 0 Å². The number of benzene rings is 1. The molecule has 122 valence electrons. The van der Waals surface area contributed by atoms with Gasteiger partial charge in [-0.1, -0.05) is 38.1 Å². The van der Waals surface area contributed by atoms with Crippen molar-refractivity contribution < 1.29 is 9.59 Å². The summed E-state index contributed by atoms with van der Waals surface area (Å²) in [6.45, 7) is 8.85. The second-order valence-corrected chi connectivity index (χ2v) is 6.13. The van der Waals surface area contributed by atoms with Gasteiger partial charge in [0.05, 0.1) is 0 Å². The lowest BCUT2D eigenvalue weighted by Crippen LogP contribution is -2.55. The molecule has 2 amide bonds. The van der Waals surface area contributed by atoms with E-state index in [0.717, 1.165) is 5.56 Å². The molecule has 0 aromatic heterocycles. The first-order chi connectivity index (χ1) is 10.9. The minimum Gasteiger partial charge on any atom is -0.285 e. The largest absolute Gasteiger partial charge is 0.285 e. The van der Waals surface area contributed by atoms with Crippen LogP contribution in [0.2, 0.25) is 0 Å². The molecule has 0 atom stereocenters. The predicted molar refractivity (Wildman–Crippen MR) is 95.9 cm³/mol. The Balaban J connectivity index is 2.40. The normalized spacial score (nSPS) is 15.7. The van der Waals surface area contributed by atoms with E-state index in [1.165, 1.54) is 15.4 Å². The molecule has 2 rings (SSSR count). The molecule has 1 heterocycles. The van der Waals surface area contributed by atoms with E-state index in [1.807, 2.05) is 38.1 Å². The maximum atomic E-state index is 12.5. The van der Waals surface area contributed by atoms with Gasteiger partial charge in [-0.3, -0.25) is 19.4 Å². The van der Waals surface area contributed by atoms with Crippen molar-refractivity contribution in [2.45, 2.75) is 33.6 Å². The average molecular weight is 330 g/mol. The van der Waals surface area contributed by atoms with Crippen LogP contribution in [0.4, 0.5) is 0 Å². The monoisotopic (exact) mass is 330 g/mol. The molecular formula is C18H22N2O2S. The van der Waals surface area contributed by atoms with Crippen LogP contribution in [0.3, 0.4) is 0 Å². The predicted octanol–water partition coefficient (Wildman–Crippen LogP) is 3.19. The highest BCUT2D eigenvalue weighted by atomic mass is 32.1. The molecule has 23 heavy (non-hydrogen) atoms. The first-order valence-corrected chi connectivity index (χ1v) is 8.30. The second kappa shape index (κ2) is 7.04. The van der Waals surface area contributed by atoms with Crippen molar-refractivity contribution in [1.29, 1.82) is 0 Å². The van der Waals surface area contributed by atoms with E-state index in [4.69, 9.17) is 12.2 Å². The Labute approximate surface area is 142 Å². The molecule has 0 N–H and O–H groups in total. The Hall–Kier alpha value is -2.01. The van der Waals surface area contributed by atoms with Gasteiger partial charge < -0.3 is 0 Å². The van der Waals surface area contributed by atoms with E-state index in [2.05, 4.69) is 13.8 Å². The Kier molecular flexibility index (Phi) is 5.31. The van der Waals surface area contributed by atoms with Gasteiger partial charge in [-0.2, -0.15) is 0 Å². The fraction of sp³-hybridized carbons (Fsp3) is 0.389. The van der Waals surface area contributed by atoms with Crippen LogP contribution >= 0.6 is 12.2 Å². The summed E-state index contributed by atoms with van der Waals surface area (Å²) in [4.78, 5) is 28.0. The summed E-state index contributed by atoms with van der Waals surface area (Å²) in [6, 6.07) is 7.91. The van der Waals surface area contributed by atoms with E-state index in [-0.39, 0.29) is 22.5 Å². The number of carbonyl (C=O) groups excluding carboxylic acids is 2. The molecule has 1 aromatic carbocycles. The minimum absolute atomic E-state index is 0.166. The fourth-order valence-electron chi connectivity index (χ4n) is 2.53. The van der Waals surface area contributed by atoms with Gasteiger partial charge >= 0.3 is 0 Å². The van der Waals surface area contributed by atoms with Crippen molar-refractivity contribution in [2.75, 3.05) is 13.1 Å². The minimum atomic E-state index is -0.319. The molecule has 0 bridgehead atoms. The summed E-state index contributed by atoms with van der Waals surface area (Å²) in [6.07, 6.45) is 1.65. The lowest BCUT2D eigenvalue weighted by molar-refractivity contribution is -0.133. The lowest BCUT2D eigenvalue weighted by atomic mass is 10.0. The topological polar surface area (TPSA) is 40.6 Å². The highest BCUT2D eigenvalue weighted by Crippen LogP contribution is 2.21. The summed E-state index contributed by atoms with van der Waals surface area (Å²) in [7, 11) is 0. The molecule has 0 aliphatic carbocycles. The summed E-state index contributed by atoms with van der Waals surface area (Å²) < 4.78 is 0. The number of amides is 2. The number of rotatable bonds is 4. The highest BCUT2D eigenvalue weighted by Gasteiger charge is 2.37. The number of thiocarbonyl (C=S) groups is 1. The van der Waals surface area contributed by atoms with Crippen LogP contribution in [0.15, 0.2) is 29.8 Å². The van der Waals surface area contributed by atoms with Crippen LogP contribution in [-0.2, 0) is 9.59 Å². The van der Waals surface area contributed by atoms with Crippen LogP contribution in [0.25, 0.3) is 6.08 Å². The zero-order chi connectivity index (χ0) is 17.1. The van der Waals surface area contributed by atoms with E-state index in [9.17, 15) is 9.59 Å². The van der Waals surface area contributed by atoms with Gasteiger partial charge in [0, 0.05) is 13.1 Å². The zero-order valence-corrected chi connectivity index (χ0v) is 14.8. The lowest BCUT2D eigenvalue weighted by Gasteiger charge is -2.35. The van der Waals surface area contributed by atoms with Crippen LogP contribution < -0.4 is 0 Å². The van der Waals surface area contributed by atoms with Gasteiger partial charge in [0.2, 0.25) is 0 Å². The maximum absolute atomic E-state index is 12.5. The third-order valence-corrected chi connectivity index (χ3v) is 4.40. The van der Waals surface area contributed by atoms with Gasteiger partial charge in [-0.25, -0.2) is 0 Å². The summed E-state index contributed by atoms with van der Waals surface area (Å²) in [5.74, 6) is -0.196. The maximum Gasteiger partial charge on any atom is 0.265 e. The third kappa shape index (κ3) is 3.34. The number of likely N-dealkylation sites (N-methyl/N-ethyl adjacent to an activating group) is 2. The van der Waals surface area contributed by atoms with Crippen LogP contribution in [0.5, 0.6) is 0 Å². The number of carbonyl (C=O) groups is 2. The molecule has 1 fully saturated rings. The number of hydrogen-bond donors (Lipinski definition) is 0. The van der Waals surface area contributed by atoms with Gasteiger partial charge in [0.25, 0.3) is 11.8 Å². The van der Waals surface area contributed by atoms with E-state index in [1.54, 1.807) is 6.08 Å². The van der Waals surface area contributed by atoms with E-state index in [0.29, 0.717) is 19.0 Å². The first kappa shape index (κ1) is 17.3. The molecule has 1 aliphatic rings. The van der Waals surface area contributed by atoms with Gasteiger partial charge in [0.15, 0.2) is 5.11 Å². The molecular weight excluding hydrogens is 308 g/mol. The molecule has 0 spiro atoms. The molecule has 1 aliphatic heterocycles. The van der Waals surface area contributed by atoms with Crippen molar-refractivity contribution >= 4 is 35.2 Å². The van der Waals surface area contributed by atoms with Gasteiger partial charge in [0.1, 0.15) is 5.57 Å². The van der Waals surface area contributed by atoms with Crippen molar-refractivity contribution in [3.8, 4) is 0 Å². The second-order valence-electron chi connectivity index (χ2n) is 5.76. The number of nitrogens with zero attached hydrogens (tertiary/aromatic N) is 2. The Morgan fingerprint density at radius 1 is 1.00 bits per heavy atom. The smallest absolute Gasteiger partial charge is 0.265 e. The Bertz CT molecular complexity index is 634. The molecule has 5 heteroatoms. The van der Waals surface area contributed by atoms with Gasteiger partial charge in [-0.05, 0) is 49.2 Å². The molecule has 4 nitrogen and oxygen atoms in total. The summed E-state index contributed by atoms with van der Waals surface area (Å²) >= 11 is 5.25. The van der Waals surface area contributed by atoms with Crippen molar-refractivity contribution in [3.63, 3.8) is 0 Å². The third-order valence-electron chi connectivity index (χ3n) is 3.96. The quantitative estimate of drug-likeness (QED) is 0.484. The molecule has 1 saturated heterocycles. The number of hydrogen-bond acceptors (Lipinski definition) is 3. The summed E-state index contributed by atoms with van der Waals surface area (Å²) in [5.41, 5.74) is 2.23. The van der Waals surface area contributed by atoms with E-state index < -0.39 is 0 Å². The molecule has 0 radical (unpaired) electrons. The highest BCUT2D eigenvalue weighted by molar-refractivity contribution is 7.80. The van der Waals surface area contributed by atoms with Crippen molar-refractivity contribution in [3.05, 3.63) is 41.0 Å². The Morgan fingerprint density at radius 2 is 1.48 bits per heavy atom. The van der Waals surface area contributed by atoms with Crippen molar-refractivity contribution in [1.82, 2.24) is 9.80 Å². The zero-order valence-electron chi connectivity index (χ0n) is 14.0. The average Bonchev–Trinajstić information content (AvgIpc) is 2.53. The standard InChI is InChI=1S/C18H22N2O2S/c1-5-19-16(21)15(17(22)20(6-2)18(19)23)11-13-7-9-14(10-8-13)12(3)4/h7-12H,5-6H2,1-4H3. The SMILES string of the molecule is CCN1C(=O)C(=Cc2ccc(C(C)C)cc2)C(=O)N(CC)C1=S. The van der Waals surface area contributed by atoms with E-state index >= 15 is 0 Å². The fourth-order valence-corrected chi connectivity index (χ4v) is 2.95. The first-order valence-electron chi connectivity index (χ1n) is 7.90. The molecule has 0 saturated carbocycles. The van der Waals surface area contributed by atoms with Crippen LogP contribution in [0.1, 0.15) is 44.7 Å². The van der Waals surface area contributed by atoms with Crippen LogP contribution in [-0.4, -0.2) is 39.8 Å².